The molecule has 3 fully saturated rings. The molecule has 0 aromatic heterocycles. The maximum absolute atomic E-state index is 14.5. The Morgan fingerprint density at radius 2 is 1.89 bits per heavy atom. The lowest BCUT2D eigenvalue weighted by atomic mass is 9.78. The molecule has 246 valence electrons. The van der Waals surface area contributed by atoms with Gasteiger partial charge in [-0.2, -0.15) is 13.2 Å². The van der Waals surface area contributed by atoms with Gasteiger partial charge in [-0.25, -0.2) is 4.79 Å². The number of fused-ring (bicyclic) bond motifs is 2. The number of halogens is 3. The Morgan fingerprint density at radius 1 is 1.11 bits per heavy atom. The largest absolute Gasteiger partial charge is 0.478 e. The molecule has 2 unspecified atom stereocenters. The van der Waals surface area contributed by atoms with Crippen molar-refractivity contribution in [2.75, 3.05) is 40.0 Å². The molecular weight excluding hydrogens is 603 g/mol. The van der Waals surface area contributed by atoms with E-state index >= 15 is 0 Å². The van der Waals surface area contributed by atoms with Crippen LogP contribution in [0.5, 0.6) is 0 Å². The predicted octanol–water partition coefficient (Wildman–Crippen LogP) is 4.00. The number of hydrogen-bond donors (Lipinski definition) is 2. The molecule has 1 saturated carbocycles. The second-order valence-corrected chi connectivity index (χ2v) is 12.8. The predicted molar refractivity (Wildman–Crippen MR) is 162 cm³/mol. The Bertz CT molecular complexity index is 1510. The Balaban J connectivity index is 1.22. The number of amides is 2. The van der Waals surface area contributed by atoms with Crippen LogP contribution in [0.4, 0.5) is 13.2 Å². The standard InChI is InChI=1S/C34H38F3N3O6/c1-45-29-19-46-13-11-28(29)38-27-15-26-18-40(30(41)9-4-21-2-5-23(6-3-21)31(42)43)20-33(26,16-27)32(44)39-12-10-22-7-8-25(34(35,36)37)14-24(22)17-39/h2-9,14,26-29,38H,10-13,15-20H2,1H3,(H,42,43)/b9-4+/t26-,27+,28?,29?,33-/m0/s1. The van der Waals surface area contributed by atoms with Crippen LogP contribution in [-0.2, 0) is 38.2 Å². The number of carboxylic acid groups (broad SMARTS) is 1. The van der Waals surface area contributed by atoms with E-state index < -0.39 is 23.1 Å². The topological polar surface area (TPSA) is 108 Å². The number of carbonyl (C=O) groups excluding carboxylic acids is 2. The number of nitrogens with zero attached hydrogens (tertiary/aromatic N) is 2. The van der Waals surface area contributed by atoms with Crippen LogP contribution in [0.2, 0.25) is 0 Å². The van der Waals surface area contributed by atoms with Gasteiger partial charge in [0.25, 0.3) is 0 Å². The summed E-state index contributed by atoms with van der Waals surface area (Å²) in [6, 6.07) is 9.99. The molecule has 12 heteroatoms. The van der Waals surface area contributed by atoms with E-state index in [0.717, 1.165) is 24.1 Å². The molecule has 6 rings (SSSR count). The van der Waals surface area contributed by atoms with Crippen molar-refractivity contribution >= 4 is 23.9 Å². The second kappa shape index (κ2) is 12.8. The van der Waals surface area contributed by atoms with E-state index in [9.17, 15) is 27.6 Å². The summed E-state index contributed by atoms with van der Waals surface area (Å²) in [5, 5.41) is 12.8. The van der Waals surface area contributed by atoms with Crippen molar-refractivity contribution in [2.45, 2.75) is 56.6 Å². The van der Waals surface area contributed by atoms with E-state index in [2.05, 4.69) is 5.32 Å². The molecule has 3 aliphatic heterocycles. The van der Waals surface area contributed by atoms with Gasteiger partial charge in [-0.05, 0) is 78.6 Å². The molecule has 3 heterocycles. The van der Waals surface area contributed by atoms with Crippen LogP contribution in [0.25, 0.3) is 6.08 Å². The lowest BCUT2D eigenvalue weighted by Gasteiger charge is -2.38. The minimum atomic E-state index is -4.47. The van der Waals surface area contributed by atoms with Gasteiger partial charge in [0.1, 0.15) is 0 Å². The van der Waals surface area contributed by atoms with Gasteiger partial charge in [-0.1, -0.05) is 18.2 Å². The monoisotopic (exact) mass is 641 g/mol. The van der Waals surface area contributed by atoms with E-state index in [4.69, 9.17) is 14.6 Å². The summed E-state index contributed by atoms with van der Waals surface area (Å²) in [5.74, 6) is -1.54. The van der Waals surface area contributed by atoms with Crippen LogP contribution in [0, 0.1) is 11.3 Å². The first kappa shape index (κ1) is 32.2. The van der Waals surface area contributed by atoms with Crippen molar-refractivity contribution in [2.24, 2.45) is 11.3 Å². The van der Waals surface area contributed by atoms with E-state index in [1.165, 1.54) is 24.3 Å². The Morgan fingerprint density at radius 3 is 2.61 bits per heavy atom. The summed E-state index contributed by atoms with van der Waals surface area (Å²) in [7, 11) is 1.65. The highest BCUT2D eigenvalue weighted by molar-refractivity contribution is 5.94. The number of alkyl halides is 3. The first-order valence-corrected chi connectivity index (χ1v) is 15.6. The maximum Gasteiger partial charge on any atom is 0.416 e. The van der Waals surface area contributed by atoms with Crippen molar-refractivity contribution in [1.29, 1.82) is 0 Å². The molecule has 2 N–H and O–H groups in total. The van der Waals surface area contributed by atoms with Gasteiger partial charge in [-0.15, -0.1) is 0 Å². The highest BCUT2D eigenvalue weighted by atomic mass is 19.4. The number of rotatable bonds is 7. The van der Waals surface area contributed by atoms with E-state index in [-0.39, 0.29) is 54.6 Å². The molecule has 2 aromatic rings. The van der Waals surface area contributed by atoms with Gasteiger partial charge in [0.15, 0.2) is 0 Å². The molecular formula is C34H38F3N3O6. The minimum Gasteiger partial charge on any atom is -0.478 e. The first-order chi connectivity index (χ1) is 22.0. The molecule has 1 aliphatic carbocycles. The Kier molecular flexibility index (Phi) is 8.97. The van der Waals surface area contributed by atoms with Crippen LogP contribution < -0.4 is 5.32 Å². The molecule has 9 nitrogen and oxygen atoms in total. The average molecular weight is 642 g/mol. The molecule has 5 atom stereocenters. The summed E-state index contributed by atoms with van der Waals surface area (Å²) in [6.07, 6.45) is 0.877. The molecule has 2 aromatic carbocycles. The van der Waals surface area contributed by atoms with Crippen molar-refractivity contribution in [1.82, 2.24) is 15.1 Å². The van der Waals surface area contributed by atoms with Gasteiger partial charge in [0.05, 0.1) is 29.3 Å². The highest BCUT2D eigenvalue weighted by Gasteiger charge is 2.59. The molecule has 4 aliphatic rings. The Hall–Kier alpha value is -3.74. The van der Waals surface area contributed by atoms with E-state index in [1.807, 2.05) is 0 Å². The lowest BCUT2D eigenvalue weighted by molar-refractivity contribution is -0.144. The SMILES string of the molecule is COC1COCCC1N[C@@H]1C[C@H]2CN(C(=O)/C=C/c3ccc(C(=O)O)cc3)C[C@@]2(C(=O)N2CCc3ccc(C(F)(F)F)cc3C2)C1. The van der Waals surface area contributed by atoms with E-state index in [1.54, 1.807) is 35.1 Å². The van der Waals surface area contributed by atoms with Crippen LogP contribution in [-0.4, -0.2) is 90.8 Å². The average Bonchev–Trinajstić information content (AvgIpc) is 3.58. The van der Waals surface area contributed by atoms with Crippen LogP contribution in [0.1, 0.15) is 51.9 Å². The number of aromatic carboxylic acids is 1. The van der Waals surface area contributed by atoms with Gasteiger partial charge >= 0.3 is 12.1 Å². The van der Waals surface area contributed by atoms with Crippen LogP contribution in [0.3, 0.4) is 0 Å². The van der Waals surface area contributed by atoms with Gasteiger partial charge < -0.3 is 29.7 Å². The molecule has 0 spiro atoms. The summed E-state index contributed by atoms with van der Waals surface area (Å²) in [4.78, 5) is 42.4. The molecule has 0 bridgehead atoms. The van der Waals surface area contributed by atoms with E-state index in [0.29, 0.717) is 56.7 Å². The zero-order chi connectivity index (χ0) is 32.6. The summed E-state index contributed by atoms with van der Waals surface area (Å²) >= 11 is 0. The zero-order valence-electron chi connectivity index (χ0n) is 25.6. The van der Waals surface area contributed by atoms with Gasteiger partial charge in [0.2, 0.25) is 11.8 Å². The number of carboxylic acids is 1. The highest BCUT2D eigenvalue weighted by Crippen LogP contribution is 2.51. The molecule has 46 heavy (non-hydrogen) atoms. The molecule has 2 amide bonds. The fourth-order valence-electron chi connectivity index (χ4n) is 7.67. The second-order valence-electron chi connectivity index (χ2n) is 12.8. The quantitative estimate of drug-likeness (QED) is 0.440. The summed E-state index contributed by atoms with van der Waals surface area (Å²) < 4.78 is 51.7. The third-order valence-corrected chi connectivity index (χ3v) is 10.1. The third-order valence-electron chi connectivity index (χ3n) is 10.1. The number of ether oxygens (including phenoxy) is 2. The van der Waals surface area contributed by atoms with Crippen LogP contribution in [0.15, 0.2) is 48.5 Å². The summed E-state index contributed by atoms with van der Waals surface area (Å²) in [6.45, 7) is 2.18. The summed E-state index contributed by atoms with van der Waals surface area (Å²) in [5.41, 5.74) is 0.522. The van der Waals surface area contributed by atoms with Crippen molar-refractivity contribution in [3.63, 3.8) is 0 Å². The third kappa shape index (κ3) is 6.43. The smallest absolute Gasteiger partial charge is 0.416 e. The fourth-order valence-corrected chi connectivity index (χ4v) is 7.67. The molecule has 0 radical (unpaired) electrons. The number of nitrogens with one attached hydrogen (secondary N) is 1. The van der Waals surface area contributed by atoms with Crippen LogP contribution >= 0.6 is 0 Å². The minimum absolute atomic E-state index is 0.00385. The normalized spacial score (nSPS) is 27.9. The number of benzene rings is 2. The lowest BCUT2D eigenvalue weighted by Crippen LogP contribution is -2.52. The number of likely N-dealkylation sites (tertiary alicyclic amines) is 1. The molecule has 2 saturated heterocycles. The zero-order valence-corrected chi connectivity index (χ0v) is 25.6. The van der Waals surface area contributed by atoms with Gasteiger partial charge in [0, 0.05) is 58.1 Å². The van der Waals surface area contributed by atoms with Gasteiger partial charge in [-0.3, -0.25) is 9.59 Å². The van der Waals surface area contributed by atoms with Crippen molar-refractivity contribution in [3.05, 3.63) is 76.4 Å². The fraction of sp³-hybridized carbons (Fsp3) is 0.500. The van der Waals surface area contributed by atoms with Crippen molar-refractivity contribution in [3.8, 4) is 0 Å². The first-order valence-electron chi connectivity index (χ1n) is 15.6. The van der Waals surface area contributed by atoms with Crippen molar-refractivity contribution < 1.29 is 42.1 Å². The number of hydrogen-bond acceptors (Lipinski definition) is 6. The Labute approximate surface area is 265 Å². The maximum atomic E-state index is 14.5. The number of carbonyl (C=O) groups is 3. The number of methoxy groups -OCH3 is 1.